The first-order valence-corrected chi connectivity index (χ1v) is 10.9. The van der Waals surface area contributed by atoms with Gasteiger partial charge in [-0.2, -0.15) is 0 Å². The lowest BCUT2D eigenvalue weighted by atomic mass is 9.99. The Morgan fingerprint density at radius 2 is 1.50 bits per heavy atom. The fourth-order valence-electron chi connectivity index (χ4n) is 4.20. The quantitative estimate of drug-likeness (QED) is 0.305. The van der Waals surface area contributed by atoms with E-state index < -0.39 is 0 Å². The van der Waals surface area contributed by atoms with Gasteiger partial charge in [-0.1, -0.05) is 6.42 Å². The molecule has 0 spiro atoms. The van der Waals surface area contributed by atoms with Gasteiger partial charge in [0.05, 0.1) is 14.2 Å². The molecule has 2 heterocycles. The van der Waals surface area contributed by atoms with Crippen LogP contribution in [0.2, 0.25) is 0 Å². The molecule has 8 heteroatoms. The number of nitrogens with one attached hydrogen (secondary N) is 2. The number of guanidine groups is 1. The van der Waals surface area contributed by atoms with Gasteiger partial charge >= 0.3 is 0 Å². The van der Waals surface area contributed by atoms with Crippen LogP contribution >= 0.6 is 24.0 Å². The molecule has 0 atom stereocenters. The summed E-state index contributed by atoms with van der Waals surface area (Å²) in [7, 11) is 5.23. The monoisotopic (exact) mass is 531 g/mol. The Bertz CT molecular complexity index is 680. The maximum atomic E-state index is 5.46. The minimum atomic E-state index is 0. The van der Waals surface area contributed by atoms with Crippen LogP contribution in [0.4, 0.5) is 0 Å². The second kappa shape index (κ2) is 13.2. The predicted octanol–water partition coefficient (Wildman–Crippen LogP) is 2.33. The van der Waals surface area contributed by atoms with Gasteiger partial charge in [-0.05, 0) is 55.6 Å². The molecule has 30 heavy (non-hydrogen) atoms. The lowest BCUT2D eigenvalue weighted by molar-refractivity contribution is 0.232. The Kier molecular flexibility index (Phi) is 11.0. The summed E-state index contributed by atoms with van der Waals surface area (Å²) < 4.78 is 10.9. The van der Waals surface area contributed by atoms with Crippen LogP contribution < -0.4 is 20.1 Å². The molecule has 0 unspecified atom stereocenters. The summed E-state index contributed by atoms with van der Waals surface area (Å²) in [4.78, 5) is 9.37. The molecule has 3 rings (SSSR count). The molecule has 0 aromatic heterocycles. The third kappa shape index (κ3) is 7.16. The number of hydrogen-bond donors (Lipinski definition) is 2. The van der Waals surface area contributed by atoms with Gasteiger partial charge in [0.15, 0.2) is 17.5 Å². The van der Waals surface area contributed by atoms with E-state index in [1.807, 2.05) is 7.05 Å². The van der Waals surface area contributed by atoms with Crippen molar-refractivity contribution in [2.75, 3.05) is 67.1 Å². The van der Waals surface area contributed by atoms with Crippen molar-refractivity contribution >= 4 is 29.9 Å². The topological polar surface area (TPSA) is 61.4 Å². The molecular formula is C22H38IN5O2. The lowest BCUT2D eigenvalue weighted by Gasteiger charge is -2.30. The van der Waals surface area contributed by atoms with Crippen LogP contribution in [0.25, 0.3) is 0 Å². The van der Waals surface area contributed by atoms with Gasteiger partial charge in [-0.15, -0.1) is 24.0 Å². The fourth-order valence-corrected chi connectivity index (χ4v) is 4.20. The number of likely N-dealkylation sites (tertiary alicyclic amines) is 1. The second-order valence-electron chi connectivity index (χ2n) is 7.83. The summed E-state index contributed by atoms with van der Waals surface area (Å²) in [6.07, 6.45) is 5.10. The standard InChI is InChI=1S/C22H37N5O2.HI/c1-23-22(24-8-13-26-10-5-4-6-11-26)25-9-14-27-12-7-18-15-20(28-2)21(29-3)16-19(18)17-27;/h15-16H,4-14,17H2,1-3H3,(H2,23,24,25);1H. The zero-order chi connectivity index (χ0) is 20.5. The van der Waals surface area contributed by atoms with Crippen molar-refractivity contribution in [2.24, 2.45) is 4.99 Å². The predicted molar refractivity (Wildman–Crippen MR) is 134 cm³/mol. The van der Waals surface area contributed by atoms with Crippen molar-refractivity contribution in [2.45, 2.75) is 32.2 Å². The minimum absolute atomic E-state index is 0. The highest BCUT2D eigenvalue weighted by Gasteiger charge is 2.19. The molecule has 1 fully saturated rings. The molecule has 0 radical (unpaired) electrons. The Morgan fingerprint density at radius 1 is 0.900 bits per heavy atom. The van der Waals surface area contributed by atoms with Gasteiger partial charge in [-0.25, -0.2) is 0 Å². The summed E-state index contributed by atoms with van der Waals surface area (Å²) in [5.74, 6) is 2.52. The van der Waals surface area contributed by atoms with Crippen molar-refractivity contribution in [1.82, 2.24) is 20.4 Å². The fraction of sp³-hybridized carbons (Fsp3) is 0.682. The maximum absolute atomic E-state index is 5.46. The van der Waals surface area contributed by atoms with Crippen LogP contribution in [0.5, 0.6) is 11.5 Å². The minimum Gasteiger partial charge on any atom is -0.493 e. The van der Waals surface area contributed by atoms with Crippen LogP contribution in [0, 0.1) is 0 Å². The van der Waals surface area contributed by atoms with Gasteiger partial charge in [0.1, 0.15) is 0 Å². The Labute approximate surface area is 198 Å². The van der Waals surface area contributed by atoms with E-state index in [1.165, 1.54) is 43.5 Å². The van der Waals surface area contributed by atoms with Gasteiger partial charge in [0.25, 0.3) is 0 Å². The number of hydrogen-bond acceptors (Lipinski definition) is 5. The van der Waals surface area contributed by atoms with Crippen LogP contribution in [-0.4, -0.2) is 82.8 Å². The molecule has 0 amide bonds. The molecule has 1 aromatic rings. The number of halogens is 1. The van der Waals surface area contributed by atoms with E-state index in [1.54, 1.807) is 14.2 Å². The normalized spacial score (nSPS) is 17.6. The number of benzene rings is 1. The van der Waals surface area contributed by atoms with Gasteiger partial charge < -0.3 is 25.0 Å². The van der Waals surface area contributed by atoms with Crippen LogP contribution in [-0.2, 0) is 13.0 Å². The number of ether oxygens (including phenoxy) is 2. The average Bonchev–Trinajstić information content (AvgIpc) is 2.77. The highest BCUT2D eigenvalue weighted by molar-refractivity contribution is 14.0. The van der Waals surface area contributed by atoms with E-state index in [9.17, 15) is 0 Å². The number of fused-ring (bicyclic) bond motifs is 1. The smallest absolute Gasteiger partial charge is 0.191 e. The van der Waals surface area contributed by atoms with E-state index in [2.05, 4.69) is 37.6 Å². The number of piperidine rings is 1. The maximum Gasteiger partial charge on any atom is 0.191 e. The highest BCUT2D eigenvalue weighted by atomic mass is 127. The van der Waals surface area contributed by atoms with E-state index in [-0.39, 0.29) is 24.0 Å². The number of methoxy groups -OCH3 is 2. The molecule has 2 aliphatic heterocycles. The van der Waals surface area contributed by atoms with Crippen LogP contribution in [0.3, 0.4) is 0 Å². The molecule has 0 bridgehead atoms. The number of nitrogens with zero attached hydrogens (tertiary/aromatic N) is 3. The Hall–Kier alpha value is -1.26. The summed E-state index contributed by atoms with van der Waals surface area (Å²) in [5, 5.41) is 6.90. The lowest BCUT2D eigenvalue weighted by Crippen LogP contribution is -2.45. The molecule has 170 valence electrons. The molecule has 7 nitrogen and oxygen atoms in total. The second-order valence-corrected chi connectivity index (χ2v) is 7.83. The largest absolute Gasteiger partial charge is 0.493 e. The SMILES string of the molecule is CN=C(NCCN1CCCCC1)NCCN1CCc2cc(OC)c(OC)cc2C1.I. The van der Waals surface area contributed by atoms with Crippen LogP contribution in [0.1, 0.15) is 30.4 Å². The highest BCUT2D eigenvalue weighted by Crippen LogP contribution is 2.33. The summed E-state index contributed by atoms with van der Waals surface area (Å²) in [5.41, 5.74) is 2.69. The van der Waals surface area contributed by atoms with E-state index in [0.29, 0.717) is 0 Å². The first-order valence-electron chi connectivity index (χ1n) is 10.9. The zero-order valence-corrected chi connectivity index (χ0v) is 21.0. The van der Waals surface area contributed by atoms with Crippen molar-refractivity contribution in [3.63, 3.8) is 0 Å². The van der Waals surface area contributed by atoms with Crippen molar-refractivity contribution < 1.29 is 9.47 Å². The van der Waals surface area contributed by atoms with E-state index >= 15 is 0 Å². The van der Waals surface area contributed by atoms with Gasteiger partial charge in [-0.3, -0.25) is 9.89 Å². The summed E-state index contributed by atoms with van der Waals surface area (Å²) >= 11 is 0. The molecular weight excluding hydrogens is 493 g/mol. The zero-order valence-electron chi connectivity index (χ0n) is 18.7. The van der Waals surface area contributed by atoms with E-state index in [0.717, 1.165) is 63.1 Å². The molecule has 0 saturated carbocycles. The molecule has 1 saturated heterocycles. The molecule has 0 aliphatic carbocycles. The molecule has 1 aromatic carbocycles. The molecule has 2 aliphatic rings. The third-order valence-corrected chi connectivity index (χ3v) is 5.91. The van der Waals surface area contributed by atoms with Crippen molar-refractivity contribution in [3.8, 4) is 11.5 Å². The van der Waals surface area contributed by atoms with Crippen molar-refractivity contribution in [3.05, 3.63) is 23.3 Å². The summed E-state index contributed by atoms with van der Waals surface area (Å²) in [6.45, 7) is 8.38. The number of rotatable bonds is 8. The average molecular weight is 531 g/mol. The third-order valence-electron chi connectivity index (χ3n) is 5.91. The van der Waals surface area contributed by atoms with Gasteiger partial charge in [0, 0.05) is 46.3 Å². The Balaban J connectivity index is 0.00000320. The Morgan fingerprint density at radius 3 is 2.10 bits per heavy atom. The van der Waals surface area contributed by atoms with Crippen molar-refractivity contribution in [1.29, 1.82) is 0 Å². The van der Waals surface area contributed by atoms with Gasteiger partial charge in [0.2, 0.25) is 0 Å². The first-order chi connectivity index (χ1) is 14.2. The van der Waals surface area contributed by atoms with E-state index in [4.69, 9.17) is 9.47 Å². The number of aliphatic imine (C=N–C) groups is 1. The molecule has 2 N–H and O–H groups in total. The first kappa shape index (κ1) is 25.0. The van der Waals surface area contributed by atoms with Crippen LogP contribution in [0.15, 0.2) is 17.1 Å². The summed E-state index contributed by atoms with van der Waals surface area (Å²) in [6, 6.07) is 4.24.